The van der Waals surface area contributed by atoms with Crippen molar-refractivity contribution in [2.75, 3.05) is 11.1 Å². The summed E-state index contributed by atoms with van der Waals surface area (Å²) in [7, 11) is -4.11. The predicted molar refractivity (Wildman–Crippen MR) is 126 cm³/mol. The van der Waals surface area contributed by atoms with Crippen LogP contribution in [0.1, 0.15) is 11.1 Å². The van der Waals surface area contributed by atoms with Crippen LogP contribution in [0.5, 0.6) is 0 Å². The average molecular weight is 464 g/mol. The van der Waals surface area contributed by atoms with E-state index in [1.807, 2.05) is 50.2 Å². The van der Waals surface area contributed by atoms with E-state index >= 15 is 0 Å². The molecular weight excluding hydrogens is 441 g/mol. The molecule has 0 spiro atoms. The third-order valence-electron chi connectivity index (χ3n) is 5.06. The molecule has 1 aromatic heterocycles. The van der Waals surface area contributed by atoms with Crippen LogP contribution in [0.2, 0.25) is 0 Å². The Balaban J connectivity index is 1.70. The van der Waals surface area contributed by atoms with E-state index in [4.69, 9.17) is 0 Å². The van der Waals surface area contributed by atoms with Crippen molar-refractivity contribution < 1.29 is 17.6 Å². The first kappa shape index (κ1) is 22.4. The number of carbonyl (C=O) groups excluding carboxylic acids is 1. The molecule has 4 aromatic rings. The van der Waals surface area contributed by atoms with Crippen molar-refractivity contribution in [3.8, 4) is 16.9 Å². The first-order chi connectivity index (χ1) is 15.7. The number of aryl methyl sites for hydroxylation is 2. The Morgan fingerprint density at radius 1 is 0.909 bits per heavy atom. The molecule has 1 heterocycles. The molecule has 1 amide bonds. The summed E-state index contributed by atoms with van der Waals surface area (Å²) in [5.41, 5.74) is 4.26. The fraction of sp³-hybridized carbons (Fsp3) is 0.120. The zero-order valence-corrected chi connectivity index (χ0v) is 18.9. The van der Waals surface area contributed by atoms with Crippen LogP contribution in [0, 0.1) is 19.7 Å². The smallest absolute Gasteiger partial charge is 0.240 e. The number of aromatic nitrogens is 2. The Hall–Kier alpha value is -3.78. The number of nitrogens with zero attached hydrogens (tertiary/aromatic N) is 2. The van der Waals surface area contributed by atoms with Gasteiger partial charge in [-0.2, -0.15) is 0 Å². The molecule has 3 aromatic carbocycles. The van der Waals surface area contributed by atoms with Crippen LogP contribution in [-0.4, -0.2) is 29.6 Å². The molecule has 0 aliphatic heterocycles. The van der Waals surface area contributed by atoms with Crippen molar-refractivity contribution in [2.24, 2.45) is 0 Å². The van der Waals surface area contributed by atoms with E-state index in [9.17, 15) is 17.6 Å². The number of rotatable bonds is 6. The quantitative estimate of drug-likeness (QED) is 0.449. The maximum atomic E-state index is 13.2. The van der Waals surface area contributed by atoms with Crippen molar-refractivity contribution >= 4 is 21.4 Å². The Morgan fingerprint density at radius 3 is 2.09 bits per heavy atom. The molecule has 168 valence electrons. The van der Waals surface area contributed by atoms with E-state index in [2.05, 4.69) is 10.3 Å². The summed E-state index contributed by atoms with van der Waals surface area (Å²) in [4.78, 5) is 16.9. The van der Waals surface area contributed by atoms with Gasteiger partial charge in [0.2, 0.25) is 20.9 Å². The van der Waals surface area contributed by atoms with Crippen molar-refractivity contribution in [1.29, 1.82) is 0 Å². The van der Waals surface area contributed by atoms with Gasteiger partial charge in [-0.1, -0.05) is 47.5 Å². The van der Waals surface area contributed by atoms with Gasteiger partial charge in [0.1, 0.15) is 11.6 Å². The minimum Gasteiger partial charge on any atom is -0.325 e. The van der Waals surface area contributed by atoms with Crippen LogP contribution < -0.4 is 5.32 Å². The van der Waals surface area contributed by atoms with Gasteiger partial charge in [0.25, 0.3) is 0 Å². The third-order valence-corrected chi connectivity index (χ3v) is 6.55. The molecule has 0 saturated carbocycles. The monoisotopic (exact) mass is 463 g/mol. The van der Waals surface area contributed by atoms with Gasteiger partial charge in [0, 0.05) is 23.1 Å². The van der Waals surface area contributed by atoms with E-state index in [-0.39, 0.29) is 5.16 Å². The highest BCUT2D eigenvalue weighted by molar-refractivity contribution is 7.92. The maximum Gasteiger partial charge on any atom is 0.240 e. The van der Waals surface area contributed by atoms with E-state index in [1.54, 1.807) is 18.3 Å². The predicted octanol–water partition coefficient (Wildman–Crippen LogP) is 4.71. The number of imidazole rings is 1. The van der Waals surface area contributed by atoms with Crippen molar-refractivity contribution in [1.82, 2.24) is 9.55 Å². The fourth-order valence-electron chi connectivity index (χ4n) is 3.30. The van der Waals surface area contributed by atoms with E-state index in [0.717, 1.165) is 16.7 Å². The highest BCUT2D eigenvalue weighted by Gasteiger charge is 2.27. The molecule has 0 fully saturated rings. The molecule has 33 heavy (non-hydrogen) atoms. The number of anilines is 1. The highest BCUT2D eigenvalue weighted by Crippen LogP contribution is 2.25. The number of halogens is 1. The number of amides is 1. The first-order valence-corrected chi connectivity index (χ1v) is 11.9. The number of nitrogens with one attached hydrogen (secondary N) is 1. The zero-order valence-electron chi connectivity index (χ0n) is 18.1. The lowest BCUT2D eigenvalue weighted by atomic mass is 10.1. The molecule has 6 nitrogen and oxygen atoms in total. The summed E-state index contributed by atoms with van der Waals surface area (Å²) in [5, 5.41) is 2.26. The summed E-state index contributed by atoms with van der Waals surface area (Å²) in [6.07, 6.45) is 1.65. The van der Waals surface area contributed by atoms with Crippen molar-refractivity contribution in [2.45, 2.75) is 19.0 Å². The summed E-state index contributed by atoms with van der Waals surface area (Å²) < 4.78 is 41.1. The topological polar surface area (TPSA) is 81.1 Å². The van der Waals surface area contributed by atoms with Crippen LogP contribution in [0.3, 0.4) is 0 Å². The van der Waals surface area contributed by atoms with Crippen molar-refractivity contribution in [3.63, 3.8) is 0 Å². The van der Waals surface area contributed by atoms with E-state index < -0.39 is 27.3 Å². The van der Waals surface area contributed by atoms with Crippen LogP contribution in [0.25, 0.3) is 16.9 Å². The van der Waals surface area contributed by atoms with Gasteiger partial charge < -0.3 is 5.32 Å². The Bertz CT molecular complexity index is 1390. The number of benzene rings is 3. The molecule has 8 heteroatoms. The lowest BCUT2D eigenvalue weighted by molar-refractivity contribution is -0.113. The number of carbonyl (C=O) groups is 1. The first-order valence-electron chi connectivity index (χ1n) is 10.2. The van der Waals surface area contributed by atoms with Crippen LogP contribution in [-0.2, 0) is 14.6 Å². The van der Waals surface area contributed by atoms with Gasteiger partial charge in [-0.3, -0.25) is 9.36 Å². The second-order valence-corrected chi connectivity index (χ2v) is 9.68. The normalized spacial score (nSPS) is 11.4. The van der Waals surface area contributed by atoms with E-state index in [0.29, 0.717) is 17.1 Å². The number of sulfone groups is 1. The largest absolute Gasteiger partial charge is 0.325 e. The molecule has 0 radical (unpaired) electrons. The summed E-state index contributed by atoms with van der Waals surface area (Å²) >= 11 is 0. The Morgan fingerprint density at radius 2 is 1.48 bits per heavy atom. The molecule has 4 rings (SSSR count). The summed E-state index contributed by atoms with van der Waals surface area (Å²) in [5.74, 6) is -2.00. The molecule has 0 saturated heterocycles. The SMILES string of the molecule is Cc1ccc(-c2cn(-c3ccc(C)cc3)c(S(=O)(=O)CC(=O)Nc3ccc(F)cc3)n2)cc1. The highest BCUT2D eigenvalue weighted by atomic mass is 32.2. The standard InChI is InChI=1S/C25H22FN3O3S/c1-17-3-7-19(8-4-17)23-15-29(22-13-5-18(2)6-14-22)25(28-23)33(31,32)16-24(30)27-21-11-9-20(26)10-12-21/h3-15H,16H2,1-2H3,(H,27,30). The van der Waals surface area contributed by atoms with Gasteiger partial charge in [0.15, 0.2) is 0 Å². The maximum absolute atomic E-state index is 13.2. The van der Waals surface area contributed by atoms with Crippen LogP contribution in [0.4, 0.5) is 10.1 Å². The second-order valence-electron chi connectivity index (χ2n) is 7.79. The summed E-state index contributed by atoms with van der Waals surface area (Å²) in [6.45, 7) is 3.90. The van der Waals surface area contributed by atoms with Crippen molar-refractivity contribution in [3.05, 3.63) is 95.9 Å². The van der Waals surface area contributed by atoms with Crippen LogP contribution in [0.15, 0.2) is 84.1 Å². The van der Waals surface area contributed by atoms with Gasteiger partial charge in [-0.25, -0.2) is 17.8 Å². The molecule has 0 aliphatic rings. The van der Waals surface area contributed by atoms with Gasteiger partial charge in [0.05, 0.1) is 5.69 Å². The van der Waals surface area contributed by atoms with Gasteiger partial charge in [-0.05, 0) is 50.2 Å². The average Bonchev–Trinajstić information content (AvgIpc) is 3.22. The van der Waals surface area contributed by atoms with E-state index in [1.165, 1.54) is 28.8 Å². The molecular formula is C25H22FN3O3S. The molecule has 0 bridgehead atoms. The lowest BCUT2D eigenvalue weighted by Gasteiger charge is -2.09. The molecule has 0 aliphatic carbocycles. The summed E-state index contributed by atoms with van der Waals surface area (Å²) in [6, 6.07) is 20.0. The number of hydrogen-bond donors (Lipinski definition) is 1. The second kappa shape index (κ2) is 8.99. The third kappa shape index (κ3) is 5.18. The van der Waals surface area contributed by atoms with Crippen LogP contribution >= 0.6 is 0 Å². The minimum atomic E-state index is -4.11. The van der Waals surface area contributed by atoms with Gasteiger partial charge in [-0.15, -0.1) is 0 Å². The van der Waals surface area contributed by atoms with Gasteiger partial charge >= 0.3 is 0 Å². The zero-order chi connectivity index (χ0) is 23.6. The molecule has 0 atom stereocenters. The molecule has 1 N–H and O–H groups in total. The lowest BCUT2D eigenvalue weighted by Crippen LogP contribution is -2.25. The minimum absolute atomic E-state index is 0.226. The number of hydrogen-bond acceptors (Lipinski definition) is 4. The Labute approximate surface area is 191 Å². The fourth-order valence-corrected chi connectivity index (χ4v) is 4.55. The molecule has 0 unspecified atom stereocenters. The Kier molecular flexibility index (Phi) is 6.11.